The monoisotopic (exact) mass is 611 g/mol. The number of benzene rings is 3. The SMILES string of the molecule is CCCCNC(=O)[C@H](Cc1ccccc1)N(Cc1ccccc1F)C(=O)CCCN(c1ccccc1OCC)S(C)(=O)=O. The van der Waals surface area contributed by atoms with Crippen molar-refractivity contribution in [3.05, 3.63) is 95.8 Å². The molecular formula is C33H42FN3O5S. The third-order valence-corrected chi connectivity index (χ3v) is 8.17. The first-order chi connectivity index (χ1) is 20.7. The number of nitrogens with zero attached hydrogens (tertiary/aromatic N) is 2. The molecular weight excluding hydrogens is 569 g/mol. The van der Waals surface area contributed by atoms with Crippen molar-refractivity contribution < 1.29 is 27.1 Å². The van der Waals surface area contributed by atoms with Crippen molar-refractivity contribution in [1.29, 1.82) is 0 Å². The lowest BCUT2D eigenvalue weighted by molar-refractivity contribution is -0.141. The molecule has 0 fully saturated rings. The van der Waals surface area contributed by atoms with Gasteiger partial charge in [0.05, 0.1) is 18.6 Å². The van der Waals surface area contributed by atoms with Gasteiger partial charge in [0.1, 0.15) is 17.6 Å². The van der Waals surface area contributed by atoms with E-state index in [2.05, 4.69) is 5.32 Å². The second-order valence-electron chi connectivity index (χ2n) is 10.3. The van der Waals surface area contributed by atoms with Crippen LogP contribution in [0.5, 0.6) is 5.75 Å². The van der Waals surface area contributed by atoms with Crippen LogP contribution in [0.25, 0.3) is 0 Å². The number of amides is 2. The van der Waals surface area contributed by atoms with Crippen molar-refractivity contribution >= 4 is 27.5 Å². The molecule has 3 aromatic carbocycles. The number of halogens is 1. The maximum absolute atomic E-state index is 14.8. The molecule has 0 saturated heterocycles. The first kappa shape index (κ1) is 33.6. The number of carbonyl (C=O) groups excluding carboxylic acids is 2. The number of unbranched alkanes of at least 4 members (excludes halogenated alkanes) is 1. The van der Waals surface area contributed by atoms with Crippen LogP contribution in [0, 0.1) is 5.82 Å². The Balaban J connectivity index is 1.89. The topological polar surface area (TPSA) is 96.0 Å². The van der Waals surface area contributed by atoms with E-state index in [1.54, 1.807) is 42.5 Å². The summed E-state index contributed by atoms with van der Waals surface area (Å²) in [5.74, 6) is -0.734. The lowest BCUT2D eigenvalue weighted by Crippen LogP contribution is -2.50. The van der Waals surface area contributed by atoms with E-state index < -0.39 is 21.9 Å². The van der Waals surface area contributed by atoms with Crippen LogP contribution in [-0.4, -0.2) is 57.1 Å². The van der Waals surface area contributed by atoms with Gasteiger partial charge < -0.3 is 15.0 Å². The molecule has 0 radical (unpaired) electrons. The average Bonchev–Trinajstić information content (AvgIpc) is 2.98. The summed E-state index contributed by atoms with van der Waals surface area (Å²) in [5.41, 5.74) is 1.54. The van der Waals surface area contributed by atoms with Crippen molar-refractivity contribution in [3.63, 3.8) is 0 Å². The van der Waals surface area contributed by atoms with E-state index in [9.17, 15) is 22.4 Å². The molecule has 0 bridgehead atoms. The van der Waals surface area contributed by atoms with E-state index in [-0.39, 0.29) is 44.2 Å². The Morgan fingerprint density at radius 2 is 1.60 bits per heavy atom. The molecule has 0 saturated carbocycles. The van der Waals surface area contributed by atoms with Crippen molar-refractivity contribution in [2.45, 2.75) is 58.5 Å². The summed E-state index contributed by atoms with van der Waals surface area (Å²) in [5, 5.41) is 2.95. The minimum atomic E-state index is -3.70. The summed E-state index contributed by atoms with van der Waals surface area (Å²) in [7, 11) is -3.70. The standard InChI is InChI=1S/C33H42FN3O5S/c1-4-6-22-35-33(39)30(24-26-15-8-7-9-16-26)36(25-27-17-10-11-18-28(27)34)32(38)21-14-23-37(43(3,40)41)29-19-12-13-20-31(29)42-5-2/h7-13,15-20,30H,4-6,14,21-25H2,1-3H3,(H,35,39)/t30-/m0/s1. The summed E-state index contributed by atoms with van der Waals surface area (Å²) in [6, 6.07) is 21.5. The van der Waals surface area contributed by atoms with E-state index in [4.69, 9.17) is 4.74 Å². The molecule has 3 aromatic rings. The summed E-state index contributed by atoms with van der Waals surface area (Å²) >= 11 is 0. The number of rotatable bonds is 17. The molecule has 232 valence electrons. The maximum atomic E-state index is 14.8. The molecule has 0 heterocycles. The number of hydrogen-bond donors (Lipinski definition) is 1. The zero-order valence-electron chi connectivity index (χ0n) is 25.2. The number of nitrogens with one attached hydrogen (secondary N) is 1. The number of sulfonamides is 1. The molecule has 1 N–H and O–H groups in total. The zero-order valence-corrected chi connectivity index (χ0v) is 26.0. The van der Waals surface area contributed by atoms with E-state index in [1.165, 1.54) is 15.3 Å². The van der Waals surface area contributed by atoms with Gasteiger partial charge in [-0.15, -0.1) is 0 Å². The Hall–Kier alpha value is -3.92. The lowest BCUT2D eigenvalue weighted by atomic mass is 10.0. The summed E-state index contributed by atoms with van der Waals surface area (Å²) < 4.78 is 47.3. The minimum absolute atomic E-state index is 0.0221. The fourth-order valence-corrected chi connectivity index (χ4v) is 5.76. The minimum Gasteiger partial charge on any atom is -0.492 e. The van der Waals surface area contributed by atoms with E-state index in [1.807, 2.05) is 44.2 Å². The van der Waals surface area contributed by atoms with Gasteiger partial charge in [-0.2, -0.15) is 0 Å². The van der Waals surface area contributed by atoms with E-state index in [0.29, 0.717) is 30.2 Å². The normalized spacial score (nSPS) is 11.9. The third kappa shape index (κ3) is 10.1. The van der Waals surface area contributed by atoms with Crippen LogP contribution in [0.3, 0.4) is 0 Å². The van der Waals surface area contributed by atoms with Gasteiger partial charge >= 0.3 is 0 Å². The molecule has 0 aliphatic carbocycles. The van der Waals surface area contributed by atoms with Crippen molar-refractivity contribution in [3.8, 4) is 5.75 Å². The van der Waals surface area contributed by atoms with Crippen LogP contribution in [0.15, 0.2) is 78.9 Å². The van der Waals surface area contributed by atoms with Crippen LogP contribution >= 0.6 is 0 Å². The van der Waals surface area contributed by atoms with Crippen molar-refractivity contribution in [1.82, 2.24) is 10.2 Å². The van der Waals surface area contributed by atoms with E-state index >= 15 is 0 Å². The fourth-order valence-electron chi connectivity index (χ4n) is 4.79. The number of ether oxygens (including phenoxy) is 1. The first-order valence-electron chi connectivity index (χ1n) is 14.7. The molecule has 0 aliphatic rings. The van der Waals surface area contributed by atoms with Gasteiger partial charge in [0.25, 0.3) is 0 Å². The van der Waals surface area contributed by atoms with Crippen molar-refractivity contribution in [2.75, 3.05) is 30.3 Å². The lowest BCUT2D eigenvalue weighted by Gasteiger charge is -2.32. The Labute approximate surface area is 254 Å². The highest BCUT2D eigenvalue weighted by Crippen LogP contribution is 2.30. The predicted octanol–water partition coefficient (Wildman–Crippen LogP) is 5.33. The smallest absolute Gasteiger partial charge is 0.243 e. The van der Waals surface area contributed by atoms with Gasteiger partial charge in [-0.05, 0) is 43.5 Å². The molecule has 0 spiro atoms. The van der Waals surface area contributed by atoms with Gasteiger partial charge in [-0.25, -0.2) is 12.8 Å². The highest BCUT2D eigenvalue weighted by Gasteiger charge is 2.31. The largest absolute Gasteiger partial charge is 0.492 e. The van der Waals surface area contributed by atoms with Gasteiger partial charge in [0.15, 0.2) is 0 Å². The first-order valence-corrected chi connectivity index (χ1v) is 16.5. The van der Waals surface area contributed by atoms with Gasteiger partial charge in [0.2, 0.25) is 21.8 Å². The fraction of sp³-hybridized carbons (Fsp3) is 0.394. The van der Waals surface area contributed by atoms with Gasteiger partial charge in [0, 0.05) is 38.0 Å². The molecule has 0 aromatic heterocycles. The highest BCUT2D eigenvalue weighted by molar-refractivity contribution is 7.92. The Morgan fingerprint density at radius 3 is 2.28 bits per heavy atom. The van der Waals surface area contributed by atoms with Crippen LogP contribution in [0.2, 0.25) is 0 Å². The second-order valence-corrected chi connectivity index (χ2v) is 12.2. The third-order valence-electron chi connectivity index (χ3n) is 6.99. The molecule has 8 nitrogen and oxygen atoms in total. The van der Waals surface area contributed by atoms with Gasteiger partial charge in [-0.3, -0.25) is 13.9 Å². The Morgan fingerprint density at radius 1 is 0.930 bits per heavy atom. The number of hydrogen-bond acceptors (Lipinski definition) is 5. The number of anilines is 1. The second kappa shape index (κ2) is 16.6. The molecule has 43 heavy (non-hydrogen) atoms. The summed E-state index contributed by atoms with van der Waals surface area (Å²) in [6.45, 7) is 4.58. The molecule has 1 atom stereocenters. The number of para-hydroxylation sites is 2. The molecule has 2 amide bonds. The zero-order chi connectivity index (χ0) is 31.2. The Kier molecular flexibility index (Phi) is 13.0. The maximum Gasteiger partial charge on any atom is 0.243 e. The molecule has 0 unspecified atom stereocenters. The predicted molar refractivity (Wildman–Crippen MR) is 168 cm³/mol. The summed E-state index contributed by atoms with van der Waals surface area (Å²) in [4.78, 5) is 28.9. The Bertz CT molecular complexity index is 1440. The van der Waals surface area contributed by atoms with Crippen LogP contribution < -0.4 is 14.4 Å². The molecule has 0 aliphatic heterocycles. The molecule has 3 rings (SSSR count). The van der Waals surface area contributed by atoms with Crippen molar-refractivity contribution in [2.24, 2.45) is 0 Å². The highest BCUT2D eigenvalue weighted by atomic mass is 32.2. The van der Waals surface area contributed by atoms with Crippen LogP contribution in [-0.2, 0) is 32.6 Å². The average molecular weight is 612 g/mol. The van der Waals surface area contributed by atoms with Crippen LogP contribution in [0.4, 0.5) is 10.1 Å². The van der Waals surface area contributed by atoms with Gasteiger partial charge in [-0.1, -0.05) is 74.0 Å². The van der Waals surface area contributed by atoms with Crippen LogP contribution in [0.1, 0.15) is 50.7 Å². The quantitative estimate of drug-likeness (QED) is 0.208. The molecule has 10 heteroatoms. The number of carbonyl (C=O) groups is 2. The van der Waals surface area contributed by atoms with E-state index in [0.717, 1.165) is 24.7 Å². The summed E-state index contributed by atoms with van der Waals surface area (Å²) in [6.07, 6.45) is 3.16.